The minimum absolute atomic E-state index is 0.114. The topological polar surface area (TPSA) is 46.2 Å². The van der Waals surface area contributed by atoms with E-state index < -0.39 is 10.0 Å². The number of rotatable bonds is 3. The third kappa shape index (κ3) is 2.16. The molecule has 0 amide bonds. The lowest BCUT2D eigenvalue weighted by molar-refractivity contribution is 0.558. The van der Waals surface area contributed by atoms with Gasteiger partial charge in [-0.15, -0.1) is 0 Å². The lowest BCUT2D eigenvalue weighted by atomic mass is 10.1. The van der Waals surface area contributed by atoms with Gasteiger partial charge >= 0.3 is 0 Å². The van der Waals surface area contributed by atoms with Gasteiger partial charge in [0.25, 0.3) is 0 Å². The Labute approximate surface area is 110 Å². The number of fused-ring (bicyclic) bond motifs is 1. The van der Waals surface area contributed by atoms with Gasteiger partial charge in [-0.1, -0.05) is 40.2 Å². The molecule has 1 aromatic rings. The molecule has 0 spiro atoms. The standard InChI is InChI=1S/C12H14BrNO2S/c13-11-7-8-3-1-2-4-10(8)12(11)14-17(15,16)9-5-6-9/h1-4,9,11-12,14H,5-7H2. The van der Waals surface area contributed by atoms with Crippen LogP contribution in [-0.4, -0.2) is 18.5 Å². The second-order valence-corrected chi connectivity index (χ2v) is 7.93. The number of hydrogen-bond acceptors (Lipinski definition) is 2. The van der Waals surface area contributed by atoms with Crippen LogP contribution >= 0.6 is 15.9 Å². The first-order valence-corrected chi connectivity index (χ1v) is 8.27. The van der Waals surface area contributed by atoms with Gasteiger partial charge in [0.1, 0.15) is 0 Å². The van der Waals surface area contributed by atoms with Crippen molar-refractivity contribution in [1.29, 1.82) is 0 Å². The van der Waals surface area contributed by atoms with E-state index in [4.69, 9.17) is 0 Å². The maximum absolute atomic E-state index is 12.0. The Morgan fingerprint density at radius 3 is 2.65 bits per heavy atom. The van der Waals surface area contributed by atoms with Crippen molar-refractivity contribution in [1.82, 2.24) is 4.72 Å². The summed E-state index contributed by atoms with van der Waals surface area (Å²) < 4.78 is 26.8. The molecule has 3 rings (SSSR count). The van der Waals surface area contributed by atoms with Crippen LogP contribution in [-0.2, 0) is 16.4 Å². The highest BCUT2D eigenvalue weighted by atomic mass is 79.9. The van der Waals surface area contributed by atoms with E-state index in [1.807, 2.05) is 18.2 Å². The van der Waals surface area contributed by atoms with Crippen LogP contribution in [0.5, 0.6) is 0 Å². The number of halogens is 1. The summed E-state index contributed by atoms with van der Waals surface area (Å²) in [6.07, 6.45) is 2.49. The van der Waals surface area contributed by atoms with Crippen LogP contribution in [0.4, 0.5) is 0 Å². The first-order chi connectivity index (χ1) is 8.08. The van der Waals surface area contributed by atoms with Gasteiger partial charge < -0.3 is 0 Å². The van der Waals surface area contributed by atoms with E-state index in [1.54, 1.807) is 0 Å². The van der Waals surface area contributed by atoms with Crippen LogP contribution in [0, 0.1) is 0 Å². The van der Waals surface area contributed by atoms with E-state index in [0.717, 1.165) is 24.8 Å². The number of nitrogens with one attached hydrogen (secondary N) is 1. The van der Waals surface area contributed by atoms with Crippen LogP contribution in [0.2, 0.25) is 0 Å². The predicted octanol–water partition coefficient (Wildman–Crippen LogP) is 2.13. The van der Waals surface area contributed by atoms with Gasteiger partial charge in [-0.25, -0.2) is 13.1 Å². The van der Waals surface area contributed by atoms with E-state index in [0.29, 0.717) is 0 Å². The summed E-state index contributed by atoms with van der Waals surface area (Å²) in [6.45, 7) is 0. The maximum Gasteiger partial charge on any atom is 0.215 e. The van der Waals surface area contributed by atoms with Gasteiger partial charge in [0.15, 0.2) is 0 Å². The summed E-state index contributed by atoms with van der Waals surface area (Å²) in [6, 6.07) is 7.92. The van der Waals surface area contributed by atoms with Crippen LogP contribution < -0.4 is 4.72 Å². The van der Waals surface area contributed by atoms with E-state index in [9.17, 15) is 8.42 Å². The van der Waals surface area contributed by atoms with Crippen LogP contribution in [0.3, 0.4) is 0 Å². The Morgan fingerprint density at radius 1 is 1.24 bits per heavy atom. The fraction of sp³-hybridized carbons (Fsp3) is 0.500. The third-order valence-electron chi connectivity index (χ3n) is 3.42. The molecular formula is C12H14BrNO2S. The smallest absolute Gasteiger partial charge is 0.212 e. The van der Waals surface area contributed by atoms with E-state index in [2.05, 4.69) is 26.7 Å². The zero-order valence-corrected chi connectivity index (χ0v) is 11.7. The molecule has 2 unspecified atom stereocenters. The summed E-state index contributed by atoms with van der Waals surface area (Å²) in [7, 11) is -3.13. The maximum atomic E-state index is 12.0. The highest BCUT2D eigenvalue weighted by Gasteiger charge is 2.40. The average molecular weight is 316 g/mol. The van der Waals surface area contributed by atoms with Crippen molar-refractivity contribution in [3.05, 3.63) is 35.4 Å². The summed E-state index contributed by atoms with van der Waals surface area (Å²) in [5.41, 5.74) is 2.34. The van der Waals surface area contributed by atoms with Crippen molar-refractivity contribution in [2.45, 2.75) is 35.4 Å². The van der Waals surface area contributed by atoms with Crippen LogP contribution in [0.25, 0.3) is 0 Å². The van der Waals surface area contributed by atoms with E-state index in [1.165, 1.54) is 5.56 Å². The molecule has 1 N–H and O–H groups in total. The van der Waals surface area contributed by atoms with Gasteiger partial charge in [0.05, 0.1) is 11.3 Å². The number of hydrogen-bond donors (Lipinski definition) is 1. The van der Waals surface area contributed by atoms with Crippen molar-refractivity contribution >= 4 is 26.0 Å². The molecule has 0 aliphatic heterocycles. The highest BCUT2D eigenvalue weighted by Crippen LogP contribution is 2.38. The molecule has 0 saturated heterocycles. The average Bonchev–Trinajstić information content (AvgIpc) is 3.07. The second-order valence-electron chi connectivity index (χ2n) is 4.76. The molecule has 17 heavy (non-hydrogen) atoms. The van der Waals surface area contributed by atoms with Gasteiger partial charge in [-0.2, -0.15) is 0 Å². The fourth-order valence-electron chi connectivity index (χ4n) is 2.34. The van der Waals surface area contributed by atoms with Crippen molar-refractivity contribution in [2.24, 2.45) is 0 Å². The van der Waals surface area contributed by atoms with Gasteiger partial charge in [-0.3, -0.25) is 0 Å². The SMILES string of the molecule is O=S(=O)(NC1c2ccccc2CC1Br)C1CC1. The van der Waals surface area contributed by atoms with Crippen LogP contribution in [0.1, 0.15) is 30.0 Å². The molecule has 2 aliphatic carbocycles. The first-order valence-electron chi connectivity index (χ1n) is 5.81. The molecule has 1 saturated carbocycles. The normalized spacial score (nSPS) is 28.1. The molecule has 2 atom stereocenters. The molecule has 3 nitrogen and oxygen atoms in total. The molecule has 92 valence electrons. The lowest BCUT2D eigenvalue weighted by Crippen LogP contribution is -2.34. The first kappa shape index (κ1) is 11.7. The van der Waals surface area contributed by atoms with E-state index in [-0.39, 0.29) is 16.1 Å². The molecule has 1 fully saturated rings. The Kier molecular flexibility index (Phi) is 2.80. The third-order valence-corrected chi connectivity index (χ3v) is 6.21. The molecular weight excluding hydrogens is 302 g/mol. The van der Waals surface area contributed by atoms with Crippen molar-refractivity contribution in [3.8, 4) is 0 Å². The number of alkyl halides is 1. The summed E-state index contributed by atoms with van der Waals surface area (Å²) in [5, 5.41) is -0.157. The predicted molar refractivity (Wildman–Crippen MR) is 70.7 cm³/mol. The number of benzene rings is 1. The monoisotopic (exact) mass is 315 g/mol. The van der Waals surface area contributed by atoms with Gasteiger partial charge in [0.2, 0.25) is 10.0 Å². The summed E-state index contributed by atoms with van der Waals surface area (Å²) in [4.78, 5) is 0.161. The zero-order chi connectivity index (χ0) is 12.0. The fourth-order valence-corrected chi connectivity index (χ4v) is 4.87. The minimum Gasteiger partial charge on any atom is -0.212 e. The molecule has 2 aliphatic rings. The summed E-state index contributed by atoms with van der Waals surface area (Å²) >= 11 is 3.58. The Bertz CT molecular complexity index is 539. The lowest BCUT2D eigenvalue weighted by Gasteiger charge is -2.17. The largest absolute Gasteiger partial charge is 0.215 e. The van der Waals surface area contributed by atoms with Crippen LogP contribution in [0.15, 0.2) is 24.3 Å². The quantitative estimate of drug-likeness (QED) is 0.869. The van der Waals surface area contributed by atoms with Crippen molar-refractivity contribution in [3.63, 3.8) is 0 Å². The molecule has 0 radical (unpaired) electrons. The van der Waals surface area contributed by atoms with Gasteiger partial charge in [0, 0.05) is 4.83 Å². The van der Waals surface area contributed by atoms with Crippen molar-refractivity contribution < 1.29 is 8.42 Å². The zero-order valence-electron chi connectivity index (χ0n) is 9.27. The Balaban J connectivity index is 1.88. The molecule has 1 aromatic carbocycles. The molecule has 0 bridgehead atoms. The highest BCUT2D eigenvalue weighted by molar-refractivity contribution is 9.09. The minimum atomic E-state index is -3.13. The molecule has 0 aromatic heterocycles. The van der Waals surface area contributed by atoms with Gasteiger partial charge in [-0.05, 0) is 30.4 Å². The van der Waals surface area contributed by atoms with Crippen molar-refractivity contribution in [2.75, 3.05) is 0 Å². The van der Waals surface area contributed by atoms with E-state index >= 15 is 0 Å². The summed E-state index contributed by atoms with van der Waals surface area (Å²) in [5.74, 6) is 0. The molecule has 5 heteroatoms. The Hall–Kier alpha value is -0.390. The number of sulfonamides is 1. The molecule has 0 heterocycles. The Morgan fingerprint density at radius 2 is 1.94 bits per heavy atom. The second kappa shape index (κ2) is 4.07.